The zero-order valence-electron chi connectivity index (χ0n) is 9.57. The average Bonchev–Trinajstić information content (AvgIpc) is 2.51. The van der Waals surface area contributed by atoms with E-state index < -0.39 is 5.97 Å². The van der Waals surface area contributed by atoms with Gasteiger partial charge in [-0.15, -0.1) is 0 Å². The monoisotopic (exact) mass is 222 g/mol. The first-order chi connectivity index (χ1) is 7.53. The average molecular weight is 222 g/mol. The van der Waals surface area contributed by atoms with Gasteiger partial charge >= 0.3 is 5.97 Å². The molecule has 0 unspecified atom stereocenters. The highest BCUT2D eigenvalue weighted by molar-refractivity contribution is 5.93. The van der Waals surface area contributed by atoms with Crippen molar-refractivity contribution in [1.82, 2.24) is 0 Å². The van der Waals surface area contributed by atoms with Crippen LogP contribution < -0.4 is 4.74 Å². The van der Waals surface area contributed by atoms with Crippen LogP contribution in [0.15, 0.2) is 18.2 Å². The molecule has 0 spiro atoms. The summed E-state index contributed by atoms with van der Waals surface area (Å²) in [5, 5.41) is 0. The van der Waals surface area contributed by atoms with E-state index in [4.69, 9.17) is 4.74 Å². The van der Waals surface area contributed by atoms with Crippen LogP contribution in [0.2, 0.25) is 0 Å². The van der Waals surface area contributed by atoms with E-state index >= 15 is 0 Å². The van der Waals surface area contributed by atoms with E-state index in [0.717, 1.165) is 12.0 Å². The number of rotatable bonds is 2. The van der Waals surface area contributed by atoms with E-state index in [1.807, 2.05) is 26.0 Å². The third-order valence-corrected chi connectivity index (χ3v) is 2.47. The van der Waals surface area contributed by atoms with Crippen molar-refractivity contribution < 1.29 is 19.3 Å². The predicted octanol–water partition coefficient (Wildman–Crippen LogP) is 2.12. The Labute approximate surface area is 94.0 Å². The number of para-hydroxylation sites is 1. The highest BCUT2D eigenvalue weighted by atomic mass is 17.2. The van der Waals surface area contributed by atoms with Crippen LogP contribution in [-0.2, 0) is 16.2 Å². The molecule has 1 heterocycles. The summed E-state index contributed by atoms with van der Waals surface area (Å²) >= 11 is 0. The van der Waals surface area contributed by atoms with E-state index in [1.54, 1.807) is 6.07 Å². The minimum absolute atomic E-state index is 0.272. The Morgan fingerprint density at radius 2 is 2.19 bits per heavy atom. The summed E-state index contributed by atoms with van der Waals surface area (Å²) in [6, 6.07) is 5.44. The molecule has 4 nitrogen and oxygen atoms in total. The smallest absolute Gasteiger partial charge is 0.376 e. The Kier molecular flexibility index (Phi) is 2.59. The maximum atomic E-state index is 11.6. The van der Waals surface area contributed by atoms with Crippen molar-refractivity contribution in [3.63, 3.8) is 0 Å². The van der Waals surface area contributed by atoms with Crippen molar-refractivity contribution in [3.05, 3.63) is 29.3 Å². The van der Waals surface area contributed by atoms with Crippen LogP contribution in [0.3, 0.4) is 0 Å². The molecule has 16 heavy (non-hydrogen) atoms. The minimum Gasteiger partial charge on any atom is -0.486 e. The second kappa shape index (κ2) is 3.79. The van der Waals surface area contributed by atoms with Crippen molar-refractivity contribution in [2.24, 2.45) is 0 Å². The largest absolute Gasteiger partial charge is 0.486 e. The van der Waals surface area contributed by atoms with Gasteiger partial charge in [0.05, 0.1) is 7.11 Å². The van der Waals surface area contributed by atoms with Crippen molar-refractivity contribution in [3.8, 4) is 5.75 Å². The van der Waals surface area contributed by atoms with Crippen molar-refractivity contribution in [2.45, 2.75) is 25.9 Å². The molecule has 0 aliphatic carbocycles. The van der Waals surface area contributed by atoms with Crippen LogP contribution >= 0.6 is 0 Å². The lowest BCUT2D eigenvalue weighted by Crippen LogP contribution is -2.25. The molecule has 0 saturated carbocycles. The van der Waals surface area contributed by atoms with E-state index in [2.05, 4.69) is 9.78 Å². The molecule has 2 rings (SSSR count). The van der Waals surface area contributed by atoms with Gasteiger partial charge in [-0.25, -0.2) is 4.79 Å². The van der Waals surface area contributed by atoms with Crippen LogP contribution in [0.1, 0.15) is 29.8 Å². The minimum atomic E-state index is -0.531. The van der Waals surface area contributed by atoms with Gasteiger partial charge in [0.2, 0.25) is 0 Å². The molecule has 1 aromatic carbocycles. The van der Waals surface area contributed by atoms with Crippen molar-refractivity contribution in [1.29, 1.82) is 0 Å². The predicted molar refractivity (Wildman–Crippen MR) is 57.3 cm³/mol. The quantitative estimate of drug-likeness (QED) is 0.568. The molecule has 4 heteroatoms. The number of fused-ring (bicyclic) bond motifs is 1. The van der Waals surface area contributed by atoms with E-state index in [0.29, 0.717) is 11.3 Å². The molecule has 1 aliphatic rings. The van der Waals surface area contributed by atoms with Crippen molar-refractivity contribution >= 4 is 5.97 Å². The van der Waals surface area contributed by atoms with Crippen molar-refractivity contribution in [2.75, 3.05) is 7.11 Å². The Morgan fingerprint density at radius 1 is 1.44 bits per heavy atom. The third-order valence-electron chi connectivity index (χ3n) is 2.47. The molecular weight excluding hydrogens is 208 g/mol. The summed E-state index contributed by atoms with van der Waals surface area (Å²) in [5.41, 5.74) is 1.16. The van der Waals surface area contributed by atoms with Gasteiger partial charge in [0.15, 0.2) is 0 Å². The maximum absolute atomic E-state index is 11.6. The van der Waals surface area contributed by atoms with Gasteiger partial charge in [0, 0.05) is 6.42 Å². The highest BCUT2D eigenvalue weighted by Gasteiger charge is 2.33. The Bertz CT molecular complexity index is 423. The first-order valence-electron chi connectivity index (χ1n) is 5.09. The molecular formula is C12H14O4. The first kappa shape index (κ1) is 11.0. The summed E-state index contributed by atoms with van der Waals surface area (Å²) in [4.78, 5) is 20.5. The second-order valence-corrected chi connectivity index (χ2v) is 4.37. The molecule has 0 atom stereocenters. The number of hydrogen-bond donors (Lipinski definition) is 0. The lowest BCUT2D eigenvalue weighted by Gasteiger charge is -2.17. The summed E-state index contributed by atoms with van der Waals surface area (Å²) in [6.07, 6.45) is 0.788. The fourth-order valence-electron chi connectivity index (χ4n) is 1.90. The van der Waals surface area contributed by atoms with E-state index in [9.17, 15) is 4.79 Å². The zero-order valence-corrected chi connectivity index (χ0v) is 9.57. The van der Waals surface area contributed by atoms with Gasteiger partial charge in [-0.05, 0) is 25.5 Å². The number of ether oxygens (including phenoxy) is 1. The molecule has 0 N–H and O–H groups in total. The van der Waals surface area contributed by atoms with Crippen LogP contribution in [0.25, 0.3) is 0 Å². The summed E-state index contributed by atoms with van der Waals surface area (Å²) in [7, 11) is 1.30. The molecule has 86 valence electrons. The van der Waals surface area contributed by atoms with E-state index in [-0.39, 0.29) is 5.60 Å². The number of carbonyl (C=O) groups excluding carboxylic acids is 1. The molecule has 0 bridgehead atoms. The van der Waals surface area contributed by atoms with Gasteiger partial charge in [-0.1, -0.05) is 12.1 Å². The first-order valence-corrected chi connectivity index (χ1v) is 5.09. The fraction of sp³-hybridized carbons (Fsp3) is 0.417. The van der Waals surface area contributed by atoms with E-state index in [1.165, 1.54) is 7.11 Å². The summed E-state index contributed by atoms with van der Waals surface area (Å²) in [5.74, 6) is 0.0756. The van der Waals surface area contributed by atoms with Crippen LogP contribution in [-0.4, -0.2) is 18.7 Å². The maximum Gasteiger partial charge on any atom is 0.376 e. The van der Waals surface area contributed by atoms with Crippen LogP contribution in [0.4, 0.5) is 0 Å². The van der Waals surface area contributed by atoms with Gasteiger partial charge in [-0.3, -0.25) is 4.89 Å². The lowest BCUT2D eigenvalue weighted by molar-refractivity contribution is -0.216. The second-order valence-electron chi connectivity index (χ2n) is 4.37. The fourth-order valence-corrected chi connectivity index (χ4v) is 1.90. The molecule has 0 radical (unpaired) electrons. The summed E-state index contributed by atoms with van der Waals surface area (Å²) < 4.78 is 5.74. The lowest BCUT2D eigenvalue weighted by atomic mass is 10.0. The summed E-state index contributed by atoms with van der Waals surface area (Å²) in [6.45, 7) is 3.97. The molecule has 0 saturated heterocycles. The van der Waals surface area contributed by atoms with Gasteiger partial charge in [0.1, 0.15) is 16.9 Å². The third kappa shape index (κ3) is 1.88. The molecule has 0 fully saturated rings. The molecule has 0 amide bonds. The molecule has 1 aliphatic heterocycles. The van der Waals surface area contributed by atoms with Crippen LogP contribution in [0, 0.1) is 0 Å². The van der Waals surface area contributed by atoms with Crippen LogP contribution in [0.5, 0.6) is 5.75 Å². The highest BCUT2D eigenvalue weighted by Crippen LogP contribution is 2.37. The Balaban J connectivity index is 2.37. The Morgan fingerprint density at radius 3 is 2.88 bits per heavy atom. The van der Waals surface area contributed by atoms with Gasteiger partial charge in [-0.2, -0.15) is 4.89 Å². The number of carbonyl (C=O) groups is 1. The topological polar surface area (TPSA) is 44.8 Å². The molecule has 0 aromatic heterocycles. The number of benzene rings is 1. The molecule has 1 aromatic rings. The normalized spacial score (nSPS) is 16.4. The zero-order chi connectivity index (χ0) is 11.8. The standard InChI is InChI=1S/C12H14O4/c1-12(2)7-8-5-4-6-9(10(8)15-12)11(13)16-14-3/h4-6H,7H2,1-3H3. The SMILES string of the molecule is COOC(=O)c1cccc2c1OC(C)(C)C2. The number of hydrogen-bond acceptors (Lipinski definition) is 4. The van der Waals surface area contributed by atoms with Gasteiger partial charge < -0.3 is 4.74 Å². The Hall–Kier alpha value is -1.55. The van der Waals surface area contributed by atoms with Gasteiger partial charge in [0.25, 0.3) is 0 Å².